The fraction of sp³-hybridized carbons (Fsp3) is 0.733. The van der Waals surface area contributed by atoms with Crippen molar-refractivity contribution in [3.05, 3.63) is 18.0 Å². The van der Waals surface area contributed by atoms with Crippen molar-refractivity contribution in [3.63, 3.8) is 0 Å². The van der Waals surface area contributed by atoms with Crippen molar-refractivity contribution in [3.8, 4) is 0 Å². The molecule has 0 aromatic carbocycles. The molecule has 0 radical (unpaired) electrons. The summed E-state index contributed by atoms with van der Waals surface area (Å²) in [4.78, 5) is 14.1. The number of rotatable bonds is 4. The molecule has 1 aliphatic rings. The molecule has 1 aliphatic heterocycles. The number of hydrogen-bond donors (Lipinski definition) is 0. The van der Waals surface area contributed by atoms with Gasteiger partial charge < -0.3 is 4.74 Å². The number of hydrogen-bond acceptors (Lipinski definition) is 4. The monoisotopic (exact) mass is 279 g/mol. The maximum Gasteiger partial charge on any atom is 0.309 e. The van der Waals surface area contributed by atoms with E-state index < -0.39 is 0 Å². The highest BCUT2D eigenvalue weighted by Crippen LogP contribution is 2.25. The van der Waals surface area contributed by atoms with Crippen LogP contribution in [-0.2, 0) is 16.1 Å². The third-order valence-corrected chi connectivity index (χ3v) is 4.08. The van der Waals surface area contributed by atoms with Crippen LogP contribution in [0.25, 0.3) is 0 Å². The van der Waals surface area contributed by atoms with Gasteiger partial charge in [-0.05, 0) is 32.7 Å². The Morgan fingerprint density at radius 3 is 2.85 bits per heavy atom. The van der Waals surface area contributed by atoms with Crippen LogP contribution in [0.4, 0.5) is 0 Å². The van der Waals surface area contributed by atoms with Crippen LogP contribution in [0.3, 0.4) is 0 Å². The Bertz CT molecular complexity index is 456. The quantitative estimate of drug-likeness (QED) is 0.792. The van der Waals surface area contributed by atoms with Crippen molar-refractivity contribution >= 4 is 5.97 Å². The van der Waals surface area contributed by atoms with Gasteiger partial charge in [0.1, 0.15) is 0 Å². The predicted molar refractivity (Wildman–Crippen MR) is 77.2 cm³/mol. The molecule has 20 heavy (non-hydrogen) atoms. The number of piperidine rings is 1. The smallest absolute Gasteiger partial charge is 0.309 e. The molecule has 2 heterocycles. The number of methoxy groups -OCH3 is 1. The van der Waals surface area contributed by atoms with E-state index in [1.165, 1.54) is 12.7 Å². The Balaban J connectivity index is 1.91. The summed E-state index contributed by atoms with van der Waals surface area (Å²) in [6.07, 6.45) is 4.94. The molecule has 5 heteroatoms. The second-order valence-corrected chi connectivity index (χ2v) is 6.05. The standard InChI is InChI=1S/C15H25N3O2/c1-11(2)18-10-13(7-16-18)9-17-6-5-14(12(3)8-17)15(19)20-4/h7,10-12,14H,5-6,8-9H2,1-4H3. The van der Waals surface area contributed by atoms with E-state index >= 15 is 0 Å². The van der Waals surface area contributed by atoms with E-state index in [4.69, 9.17) is 4.74 Å². The molecule has 1 aromatic heterocycles. The lowest BCUT2D eigenvalue weighted by Gasteiger charge is -2.35. The van der Waals surface area contributed by atoms with Crippen LogP contribution in [0.5, 0.6) is 0 Å². The zero-order valence-corrected chi connectivity index (χ0v) is 12.9. The summed E-state index contributed by atoms with van der Waals surface area (Å²) < 4.78 is 6.86. The highest BCUT2D eigenvalue weighted by atomic mass is 16.5. The second kappa shape index (κ2) is 6.39. The van der Waals surface area contributed by atoms with Gasteiger partial charge >= 0.3 is 5.97 Å². The Kier molecular flexibility index (Phi) is 4.81. The lowest BCUT2D eigenvalue weighted by atomic mass is 9.87. The Morgan fingerprint density at radius 2 is 2.30 bits per heavy atom. The van der Waals surface area contributed by atoms with Crippen molar-refractivity contribution in [2.24, 2.45) is 11.8 Å². The predicted octanol–water partition coefficient (Wildman–Crippen LogP) is 2.09. The largest absolute Gasteiger partial charge is 0.469 e. The fourth-order valence-electron chi connectivity index (χ4n) is 2.88. The second-order valence-electron chi connectivity index (χ2n) is 6.05. The van der Waals surface area contributed by atoms with Crippen LogP contribution in [0.15, 0.2) is 12.4 Å². The lowest BCUT2D eigenvalue weighted by Crippen LogP contribution is -2.41. The highest BCUT2D eigenvalue weighted by molar-refractivity contribution is 5.72. The van der Waals surface area contributed by atoms with E-state index in [1.807, 2.05) is 10.9 Å². The van der Waals surface area contributed by atoms with Crippen LogP contribution in [-0.4, -0.2) is 40.8 Å². The van der Waals surface area contributed by atoms with Crippen molar-refractivity contribution in [1.82, 2.24) is 14.7 Å². The summed E-state index contributed by atoms with van der Waals surface area (Å²) in [6.45, 7) is 9.17. The lowest BCUT2D eigenvalue weighted by molar-refractivity contribution is -0.149. The molecule has 2 atom stereocenters. The molecule has 1 fully saturated rings. The summed E-state index contributed by atoms with van der Waals surface area (Å²) in [5, 5.41) is 4.37. The zero-order valence-electron chi connectivity index (χ0n) is 12.9. The number of likely N-dealkylation sites (tertiary alicyclic amines) is 1. The molecule has 0 spiro atoms. The first kappa shape index (κ1) is 15.0. The Hall–Kier alpha value is -1.36. The SMILES string of the molecule is COC(=O)C1CCN(Cc2cnn(C(C)C)c2)CC1C. The van der Waals surface area contributed by atoms with Gasteiger partial charge in [-0.1, -0.05) is 6.92 Å². The van der Waals surface area contributed by atoms with Crippen LogP contribution in [0.2, 0.25) is 0 Å². The summed E-state index contributed by atoms with van der Waals surface area (Å²) >= 11 is 0. The van der Waals surface area contributed by atoms with E-state index in [0.717, 1.165) is 26.1 Å². The van der Waals surface area contributed by atoms with Crippen LogP contribution in [0, 0.1) is 11.8 Å². The molecular formula is C15H25N3O2. The molecule has 2 unspecified atom stereocenters. The number of nitrogens with zero attached hydrogens (tertiary/aromatic N) is 3. The molecule has 0 aliphatic carbocycles. The third kappa shape index (κ3) is 3.39. The van der Waals surface area contributed by atoms with E-state index in [-0.39, 0.29) is 11.9 Å². The normalized spacial score (nSPS) is 24.1. The highest BCUT2D eigenvalue weighted by Gasteiger charge is 2.31. The first-order valence-corrected chi connectivity index (χ1v) is 7.34. The van der Waals surface area contributed by atoms with Crippen molar-refractivity contribution in [2.45, 2.75) is 39.8 Å². The minimum atomic E-state index is -0.0650. The van der Waals surface area contributed by atoms with Crippen molar-refractivity contribution < 1.29 is 9.53 Å². The third-order valence-electron chi connectivity index (χ3n) is 4.08. The topological polar surface area (TPSA) is 47.4 Å². The molecular weight excluding hydrogens is 254 g/mol. The van der Waals surface area contributed by atoms with E-state index in [0.29, 0.717) is 12.0 Å². The van der Waals surface area contributed by atoms with E-state index in [2.05, 4.69) is 37.0 Å². The van der Waals surface area contributed by atoms with Gasteiger partial charge in [-0.3, -0.25) is 14.4 Å². The molecule has 0 N–H and O–H groups in total. The summed E-state index contributed by atoms with van der Waals surface area (Å²) in [7, 11) is 1.47. The van der Waals surface area contributed by atoms with Crippen molar-refractivity contribution in [1.29, 1.82) is 0 Å². The minimum Gasteiger partial charge on any atom is -0.469 e. The Labute approximate surface area is 120 Å². The average molecular weight is 279 g/mol. The maximum absolute atomic E-state index is 11.7. The van der Waals surface area contributed by atoms with Gasteiger partial charge in [0, 0.05) is 30.9 Å². The number of carbonyl (C=O) groups excluding carboxylic acids is 1. The summed E-state index contributed by atoms with van der Waals surface area (Å²) in [5.74, 6) is 0.329. The fourth-order valence-corrected chi connectivity index (χ4v) is 2.88. The first-order valence-electron chi connectivity index (χ1n) is 7.34. The number of esters is 1. The van der Waals surface area contributed by atoms with Gasteiger partial charge in [0.15, 0.2) is 0 Å². The van der Waals surface area contributed by atoms with Crippen LogP contribution >= 0.6 is 0 Å². The van der Waals surface area contributed by atoms with Gasteiger partial charge in [0.2, 0.25) is 0 Å². The molecule has 0 bridgehead atoms. The number of aromatic nitrogens is 2. The van der Waals surface area contributed by atoms with Crippen LogP contribution < -0.4 is 0 Å². The van der Waals surface area contributed by atoms with Gasteiger partial charge in [-0.25, -0.2) is 0 Å². The van der Waals surface area contributed by atoms with E-state index in [9.17, 15) is 4.79 Å². The van der Waals surface area contributed by atoms with Crippen LogP contribution in [0.1, 0.15) is 38.8 Å². The molecule has 0 amide bonds. The number of ether oxygens (including phenoxy) is 1. The number of carbonyl (C=O) groups is 1. The molecule has 0 saturated carbocycles. The minimum absolute atomic E-state index is 0.0506. The Morgan fingerprint density at radius 1 is 1.55 bits per heavy atom. The molecule has 2 rings (SSSR count). The van der Waals surface area contributed by atoms with E-state index in [1.54, 1.807) is 0 Å². The molecule has 1 saturated heterocycles. The summed E-state index contributed by atoms with van der Waals surface area (Å²) in [6, 6.07) is 0.396. The van der Waals surface area contributed by atoms with Crippen molar-refractivity contribution in [2.75, 3.05) is 20.2 Å². The first-order chi connectivity index (χ1) is 9.51. The van der Waals surface area contributed by atoms with Gasteiger partial charge in [0.05, 0.1) is 19.2 Å². The molecule has 112 valence electrons. The van der Waals surface area contributed by atoms with Gasteiger partial charge in [-0.15, -0.1) is 0 Å². The van der Waals surface area contributed by atoms with Gasteiger partial charge in [0.25, 0.3) is 0 Å². The van der Waals surface area contributed by atoms with Gasteiger partial charge in [-0.2, -0.15) is 5.10 Å². The zero-order chi connectivity index (χ0) is 14.7. The average Bonchev–Trinajstić information content (AvgIpc) is 2.87. The molecule has 5 nitrogen and oxygen atoms in total. The summed E-state index contributed by atoms with van der Waals surface area (Å²) in [5.41, 5.74) is 1.24. The molecule has 1 aromatic rings. The maximum atomic E-state index is 11.7.